The number of para-hydroxylation sites is 1. The zero-order chi connectivity index (χ0) is 26.5. The van der Waals surface area contributed by atoms with Gasteiger partial charge in [0.2, 0.25) is 0 Å². The molecule has 2 amide bonds. The van der Waals surface area contributed by atoms with Crippen molar-refractivity contribution in [3.8, 4) is 22.7 Å². The zero-order valence-corrected chi connectivity index (χ0v) is 20.8. The second kappa shape index (κ2) is 11.0. The van der Waals surface area contributed by atoms with Crippen LogP contribution in [0.2, 0.25) is 0 Å². The quantitative estimate of drug-likeness (QED) is 0.348. The van der Waals surface area contributed by atoms with E-state index < -0.39 is 12.6 Å². The van der Waals surface area contributed by atoms with Gasteiger partial charge in [-0.1, -0.05) is 30.3 Å². The SMILES string of the molecule is COc1cccc(-c2nn(-c3ccccc3)cc2C(=O)OCC(=O)N2CCN(C(=O)c3ccco3)CC2)c1. The molecule has 2 aromatic carbocycles. The van der Waals surface area contributed by atoms with Crippen molar-refractivity contribution in [2.24, 2.45) is 0 Å². The zero-order valence-electron chi connectivity index (χ0n) is 20.8. The molecule has 0 unspecified atom stereocenters. The van der Waals surface area contributed by atoms with Crippen molar-refractivity contribution >= 4 is 17.8 Å². The maximum absolute atomic E-state index is 13.2. The maximum Gasteiger partial charge on any atom is 0.342 e. The molecule has 0 N–H and O–H groups in total. The number of aromatic nitrogens is 2. The van der Waals surface area contributed by atoms with E-state index in [-0.39, 0.29) is 23.1 Å². The van der Waals surface area contributed by atoms with Gasteiger partial charge in [-0.25, -0.2) is 9.48 Å². The van der Waals surface area contributed by atoms with E-state index in [0.717, 1.165) is 5.69 Å². The molecule has 10 nitrogen and oxygen atoms in total. The summed E-state index contributed by atoms with van der Waals surface area (Å²) in [7, 11) is 1.56. The second-order valence-electron chi connectivity index (χ2n) is 8.63. The Morgan fingerprint density at radius 2 is 1.68 bits per heavy atom. The Labute approximate surface area is 219 Å². The molecule has 1 aliphatic rings. The predicted octanol–water partition coefficient (Wildman–Crippen LogP) is 3.28. The standard InChI is InChI=1S/C28H26N4O6/c1-36-22-10-5-7-20(17-22)26-23(18-32(29-26)21-8-3-2-4-9-21)28(35)38-19-25(33)30-12-14-31(15-13-30)27(34)24-11-6-16-37-24/h2-11,16-18H,12-15,19H2,1H3. The molecule has 38 heavy (non-hydrogen) atoms. The number of furan rings is 1. The van der Waals surface area contributed by atoms with E-state index in [1.165, 1.54) is 6.26 Å². The van der Waals surface area contributed by atoms with E-state index in [1.807, 2.05) is 42.5 Å². The molecule has 1 saturated heterocycles. The van der Waals surface area contributed by atoms with Gasteiger partial charge in [-0.15, -0.1) is 0 Å². The van der Waals surface area contributed by atoms with Gasteiger partial charge in [0, 0.05) is 37.9 Å². The minimum absolute atomic E-state index is 0.214. The Balaban J connectivity index is 1.27. The normalized spacial score (nSPS) is 13.3. The van der Waals surface area contributed by atoms with Gasteiger partial charge < -0.3 is 23.7 Å². The number of methoxy groups -OCH3 is 1. The van der Waals surface area contributed by atoms with Gasteiger partial charge in [-0.3, -0.25) is 9.59 Å². The molecule has 0 spiro atoms. The molecule has 3 heterocycles. The van der Waals surface area contributed by atoms with Crippen molar-refractivity contribution in [1.82, 2.24) is 19.6 Å². The van der Waals surface area contributed by atoms with Crippen molar-refractivity contribution in [3.05, 3.63) is 90.5 Å². The number of rotatable bonds is 7. The Bertz CT molecular complexity index is 1420. The number of ether oxygens (including phenoxy) is 2. The van der Waals surface area contributed by atoms with E-state index in [0.29, 0.717) is 43.2 Å². The average molecular weight is 515 g/mol. The topological polar surface area (TPSA) is 107 Å². The molecule has 4 aromatic rings. The first-order valence-corrected chi connectivity index (χ1v) is 12.1. The van der Waals surface area contributed by atoms with Gasteiger partial charge in [0.15, 0.2) is 12.4 Å². The van der Waals surface area contributed by atoms with Gasteiger partial charge in [0.25, 0.3) is 11.8 Å². The third-order valence-electron chi connectivity index (χ3n) is 6.28. The summed E-state index contributed by atoms with van der Waals surface area (Å²) in [6, 6.07) is 19.9. The highest BCUT2D eigenvalue weighted by Crippen LogP contribution is 2.27. The number of carbonyl (C=O) groups is 3. The monoisotopic (exact) mass is 514 g/mol. The predicted molar refractivity (Wildman–Crippen MR) is 137 cm³/mol. The summed E-state index contributed by atoms with van der Waals surface area (Å²) in [6.45, 7) is 0.985. The fraction of sp³-hybridized carbons (Fsp3) is 0.214. The first kappa shape index (κ1) is 24.8. The Hall–Kier alpha value is -4.86. The number of hydrogen-bond donors (Lipinski definition) is 0. The lowest BCUT2D eigenvalue weighted by Crippen LogP contribution is -2.51. The van der Waals surface area contributed by atoms with Gasteiger partial charge in [0.1, 0.15) is 17.0 Å². The summed E-state index contributed by atoms with van der Waals surface area (Å²) in [5.74, 6) is -0.321. The summed E-state index contributed by atoms with van der Waals surface area (Å²) in [4.78, 5) is 41.6. The molecule has 0 radical (unpaired) electrons. The molecule has 0 aliphatic carbocycles. The Morgan fingerprint density at radius 1 is 0.921 bits per heavy atom. The summed E-state index contributed by atoms with van der Waals surface area (Å²) >= 11 is 0. The fourth-order valence-electron chi connectivity index (χ4n) is 4.23. The van der Waals surface area contributed by atoms with Crippen LogP contribution in [-0.2, 0) is 9.53 Å². The molecular formula is C28H26N4O6. The third-order valence-corrected chi connectivity index (χ3v) is 6.28. The lowest BCUT2D eigenvalue weighted by molar-refractivity contribution is -0.136. The van der Waals surface area contributed by atoms with Gasteiger partial charge >= 0.3 is 5.97 Å². The molecule has 2 aromatic heterocycles. The van der Waals surface area contributed by atoms with Crippen LogP contribution in [0.5, 0.6) is 5.75 Å². The number of piperazine rings is 1. The van der Waals surface area contributed by atoms with Crippen LogP contribution < -0.4 is 4.74 Å². The number of benzene rings is 2. The lowest BCUT2D eigenvalue weighted by Gasteiger charge is -2.34. The van der Waals surface area contributed by atoms with E-state index in [9.17, 15) is 14.4 Å². The molecule has 10 heteroatoms. The Kier molecular flexibility index (Phi) is 7.21. The average Bonchev–Trinajstić information content (AvgIpc) is 3.67. The van der Waals surface area contributed by atoms with Crippen LogP contribution >= 0.6 is 0 Å². The Morgan fingerprint density at radius 3 is 2.39 bits per heavy atom. The lowest BCUT2D eigenvalue weighted by atomic mass is 10.1. The largest absolute Gasteiger partial charge is 0.497 e. The van der Waals surface area contributed by atoms with E-state index in [2.05, 4.69) is 5.10 Å². The van der Waals surface area contributed by atoms with Gasteiger partial charge in [0.05, 0.1) is 19.1 Å². The van der Waals surface area contributed by atoms with E-state index >= 15 is 0 Å². The van der Waals surface area contributed by atoms with Crippen LogP contribution in [0, 0.1) is 0 Å². The molecule has 194 valence electrons. The number of esters is 1. The summed E-state index contributed by atoms with van der Waals surface area (Å²) < 4.78 is 17.5. The van der Waals surface area contributed by atoms with E-state index in [1.54, 1.807) is 52.1 Å². The van der Waals surface area contributed by atoms with Crippen LogP contribution in [0.3, 0.4) is 0 Å². The van der Waals surface area contributed by atoms with Crippen molar-refractivity contribution in [3.63, 3.8) is 0 Å². The van der Waals surface area contributed by atoms with Crippen LogP contribution in [0.4, 0.5) is 0 Å². The highest BCUT2D eigenvalue weighted by molar-refractivity contribution is 5.97. The van der Waals surface area contributed by atoms with Crippen LogP contribution in [0.25, 0.3) is 16.9 Å². The summed E-state index contributed by atoms with van der Waals surface area (Å²) in [6.07, 6.45) is 3.04. The number of carbonyl (C=O) groups excluding carboxylic acids is 3. The summed E-state index contributed by atoms with van der Waals surface area (Å²) in [5, 5.41) is 4.63. The molecule has 0 bridgehead atoms. The molecule has 1 fully saturated rings. The highest BCUT2D eigenvalue weighted by Gasteiger charge is 2.27. The van der Waals surface area contributed by atoms with Crippen LogP contribution in [0.15, 0.2) is 83.6 Å². The molecule has 0 atom stereocenters. The molecule has 0 saturated carbocycles. The number of nitrogens with zero attached hydrogens (tertiary/aromatic N) is 4. The van der Waals surface area contributed by atoms with Crippen molar-refractivity contribution in [2.45, 2.75) is 0 Å². The first-order chi connectivity index (χ1) is 18.5. The van der Waals surface area contributed by atoms with Gasteiger partial charge in [-0.05, 0) is 36.4 Å². The molecule has 5 rings (SSSR count). The molecular weight excluding hydrogens is 488 g/mol. The van der Waals surface area contributed by atoms with Crippen LogP contribution in [0.1, 0.15) is 20.9 Å². The van der Waals surface area contributed by atoms with Crippen molar-refractivity contribution < 1.29 is 28.3 Å². The first-order valence-electron chi connectivity index (χ1n) is 12.1. The maximum atomic E-state index is 13.2. The highest BCUT2D eigenvalue weighted by atomic mass is 16.5. The third kappa shape index (κ3) is 5.29. The van der Waals surface area contributed by atoms with Crippen molar-refractivity contribution in [1.29, 1.82) is 0 Å². The minimum atomic E-state index is -0.662. The number of hydrogen-bond acceptors (Lipinski definition) is 7. The van der Waals surface area contributed by atoms with Crippen molar-refractivity contribution in [2.75, 3.05) is 39.9 Å². The van der Waals surface area contributed by atoms with Crippen LogP contribution in [-0.4, -0.2) is 77.3 Å². The summed E-state index contributed by atoms with van der Waals surface area (Å²) in [5.41, 5.74) is 2.09. The fourth-order valence-corrected chi connectivity index (χ4v) is 4.23. The number of amides is 2. The molecule has 1 aliphatic heterocycles. The van der Waals surface area contributed by atoms with E-state index in [4.69, 9.17) is 13.9 Å². The minimum Gasteiger partial charge on any atom is -0.497 e. The van der Waals surface area contributed by atoms with Gasteiger partial charge in [-0.2, -0.15) is 5.10 Å². The second-order valence-corrected chi connectivity index (χ2v) is 8.63. The smallest absolute Gasteiger partial charge is 0.342 e.